The van der Waals surface area contributed by atoms with Gasteiger partial charge in [0.05, 0.1) is 19.8 Å². The van der Waals surface area contributed by atoms with Crippen LogP contribution in [0.4, 0.5) is 5.69 Å². The molecule has 0 spiro atoms. The Morgan fingerprint density at radius 3 is 2.31 bits per heavy atom. The fraction of sp³-hybridized carbons (Fsp3) is 0.381. The number of rotatable bonds is 6. The van der Waals surface area contributed by atoms with E-state index in [1.54, 1.807) is 7.11 Å². The topological polar surface area (TPSA) is 68.9 Å². The minimum atomic E-state index is 0.372. The molecule has 3 rings (SSSR count). The van der Waals surface area contributed by atoms with Crippen LogP contribution in [-0.2, 0) is 6.54 Å². The van der Waals surface area contributed by atoms with Crippen molar-refractivity contribution in [3.8, 4) is 11.5 Å². The Bertz CT molecular complexity index is 705. The van der Waals surface area contributed by atoms with E-state index in [4.69, 9.17) is 15.2 Å². The van der Waals surface area contributed by atoms with Gasteiger partial charge in [0.25, 0.3) is 0 Å². The third kappa shape index (κ3) is 5.41. The smallest absolute Gasteiger partial charge is 0.193 e. The number of nitrogens with zero attached hydrogens (tertiary/aromatic N) is 1. The van der Waals surface area contributed by atoms with Crippen LogP contribution in [0, 0.1) is 0 Å². The second-order valence-electron chi connectivity index (χ2n) is 6.58. The lowest BCUT2D eigenvalue weighted by atomic mass is 9.98. The van der Waals surface area contributed by atoms with Crippen molar-refractivity contribution in [2.24, 2.45) is 10.7 Å². The summed E-state index contributed by atoms with van der Waals surface area (Å²) in [6, 6.07) is 15.7. The Morgan fingerprint density at radius 2 is 1.65 bits per heavy atom. The minimum absolute atomic E-state index is 0.372. The number of anilines is 1. The van der Waals surface area contributed by atoms with Gasteiger partial charge in [-0.2, -0.15) is 0 Å². The normalized spacial score (nSPS) is 15.5. The molecule has 1 aliphatic rings. The Balaban J connectivity index is 1.50. The van der Waals surface area contributed by atoms with Gasteiger partial charge in [-0.3, -0.25) is 0 Å². The molecule has 0 unspecified atom stereocenters. The van der Waals surface area contributed by atoms with Gasteiger partial charge in [-0.15, -0.1) is 0 Å². The maximum atomic E-state index is 6.05. The van der Waals surface area contributed by atoms with E-state index in [9.17, 15) is 0 Å². The summed E-state index contributed by atoms with van der Waals surface area (Å²) in [5.41, 5.74) is 7.94. The predicted octanol–water partition coefficient (Wildman–Crippen LogP) is 4.33. The first-order valence-corrected chi connectivity index (χ1v) is 9.19. The van der Waals surface area contributed by atoms with E-state index in [1.807, 2.05) is 48.5 Å². The number of methoxy groups -OCH3 is 1. The summed E-state index contributed by atoms with van der Waals surface area (Å²) in [7, 11) is 1.64. The van der Waals surface area contributed by atoms with Crippen LogP contribution in [0.3, 0.4) is 0 Å². The number of guanidine groups is 1. The zero-order valence-electron chi connectivity index (χ0n) is 15.3. The van der Waals surface area contributed by atoms with E-state index in [0.29, 0.717) is 18.6 Å². The van der Waals surface area contributed by atoms with Crippen LogP contribution < -0.4 is 20.5 Å². The predicted molar refractivity (Wildman–Crippen MR) is 106 cm³/mol. The molecule has 1 saturated carbocycles. The van der Waals surface area contributed by atoms with Gasteiger partial charge < -0.3 is 20.5 Å². The summed E-state index contributed by atoms with van der Waals surface area (Å²) in [5.74, 6) is 2.13. The van der Waals surface area contributed by atoms with Crippen molar-refractivity contribution in [3.63, 3.8) is 0 Å². The summed E-state index contributed by atoms with van der Waals surface area (Å²) >= 11 is 0. The second kappa shape index (κ2) is 9.13. The first-order valence-electron chi connectivity index (χ1n) is 9.19. The van der Waals surface area contributed by atoms with Crippen LogP contribution in [0.1, 0.15) is 37.7 Å². The third-order valence-electron chi connectivity index (χ3n) is 4.57. The molecule has 2 aromatic carbocycles. The Morgan fingerprint density at radius 1 is 1.00 bits per heavy atom. The van der Waals surface area contributed by atoms with Crippen LogP contribution in [0.2, 0.25) is 0 Å². The first kappa shape index (κ1) is 18.1. The number of benzene rings is 2. The molecule has 1 aliphatic carbocycles. The fourth-order valence-corrected chi connectivity index (χ4v) is 3.09. The average molecular weight is 353 g/mol. The van der Waals surface area contributed by atoms with Gasteiger partial charge in [-0.25, -0.2) is 4.99 Å². The number of hydrogen-bond donors (Lipinski definition) is 2. The standard InChI is InChI=1S/C21H27N3O2/c1-25-18-13-9-17(10-14-18)24-21(22)23-15-16-7-11-20(12-8-16)26-19-5-3-2-4-6-19/h7-14,19H,2-6,15H2,1H3,(H3,22,23,24). The maximum absolute atomic E-state index is 6.05. The first-order chi connectivity index (χ1) is 12.7. The molecule has 0 amide bonds. The molecule has 26 heavy (non-hydrogen) atoms. The van der Waals surface area contributed by atoms with Crippen molar-refractivity contribution in [1.29, 1.82) is 0 Å². The molecule has 3 N–H and O–H groups in total. The number of hydrogen-bond acceptors (Lipinski definition) is 3. The second-order valence-corrected chi connectivity index (χ2v) is 6.58. The zero-order valence-corrected chi connectivity index (χ0v) is 15.3. The van der Waals surface area contributed by atoms with Gasteiger partial charge in [0.2, 0.25) is 0 Å². The van der Waals surface area contributed by atoms with Gasteiger partial charge in [0.1, 0.15) is 11.5 Å². The molecule has 5 heteroatoms. The SMILES string of the molecule is COc1ccc(NC(N)=NCc2ccc(OC3CCCCC3)cc2)cc1. The van der Waals surface area contributed by atoms with Crippen LogP contribution in [0.25, 0.3) is 0 Å². The molecule has 138 valence electrons. The van der Waals surface area contributed by atoms with Gasteiger partial charge in [-0.1, -0.05) is 18.6 Å². The monoisotopic (exact) mass is 353 g/mol. The van der Waals surface area contributed by atoms with E-state index >= 15 is 0 Å². The highest BCUT2D eigenvalue weighted by molar-refractivity contribution is 5.92. The highest BCUT2D eigenvalue weighted by Gasteiger charge is 2.14. The van der Waals surface area contributed by atoms with Gasteiger partial charge in [0, 0.05) is 5.69 Å². The fourth-order valence-electron chi connectivity index (χ4n) is 3.09. The van der Waals surface area contributed by atoms with Crippen molar-refractivity contribution in [2.75, 3.05) is 12.4 Å². The Kier molecular flexibility index (Phi) is 6.36. The molecule has 0 atom stereocenters. The molecule has 0 saturated heterocycles. The van der Waals surface area contributed by atoms with Gasteiger partial charge in [0.15, 0.2) is 5.96 Å². The molecule has 1 fully saturated rings. The molecule has 5 nitrogen and oxygen atoms in total. The quantitative estimate of drug-likeness (QED) is 0.599. The largest absolute Gasteiger partial charge is 0.497 e. The average Bonchev–Trinajstić information content (AvgIpc) is 2.69. The highest BCUT2D eigenvalue weighted by atomic mass is 16.5. The molecule has 0 radical (unpaired) electrons. The zero-order chi connectivity index (χ0) is 18.2. The number of nitrogens with two attached hydrogens (primary N) is 1. The Hall–Kier alpha value is -2.69. The van der Waals surface area contributed by atoms with E-state index in [-0.39, 0.29) is 0 Å². The van der Waals surface area contributed by atoms with Crippen LogP contribution in [0.15, 0.2) is 53.5 Å². The maximum Gasteiger partial charge on any atom is 0.193 e. The summed E-state index contributed by atoms with van der Waals surface area (Å²) in [6.45, 7) is 0.526. The molecular weight excluding hydrogens is 326 g/mol. The van der Waals surface area contributed by atoms with E-state index in [1.165, 1.54) is 32.1 Å². The molecular formula is C21H27N3O2. The van der Waals surface area contributed by atoms with Crippen molar-refractivity contribution >= 4 is 11.6 Å². The summed E-state index contributed by atoms with van der Waals surface area (Å²) in [4.78, 5) is 4.39. The summed E-state index contributed by atoms with van der Waals surface area (Å²) in [6.07, 6.45) is 6.59. The molecule has 2 aromatic rings. The lowest BCUT2D eigenvalue weighted by Gasteiger charge is -2.23. The van der Waals surface area contributed by atoms with Crippen molar-refractivity contribution in [2.45, 2.75) is 44.8 Å². The van der Waals surface area contributed by atoms with Gasteiger partial charge in [-0.05, 0) is 67.6 Å². The van der Waals surface area contributed by atoms with E-state index < -0.39 is 0 Å². The Labute approximate surface area is 155 Å². The van der Waals surface area contributed by atoms with Crippen LogP contribution in [-0.4, -0.2) is 19.2 Å². The molecule has 0 aliphatic heterocycles. The van der Waals surface area contributed by atoms with Crippen molar-refractivity contribution < 1.29 is 9.47 Å². The number of aliphatic imine (C=N–C) groups is 1. The lowest BCUT2D eigenvalue weighted by Crippen LogP contribution is -2.22. The molecule has 0 aromatic heterocycles. The number of nitrogens with one attached hydrogen (secondary N) is 1. The number of ether oxygens (including phenoxy) is 2. The van der Waals surface area contributed by atoms with E-state index in [2.05, 4.69) is 10.3 Å². The van der Waals surface area contributed by atoms with Crippen LogP contribution >= 0.6 is 0 Å². The van der Waals surface area contributed by atoms with Gasteiger partial charge >= 0.3 is 0 Å². The minimum Gasteiger partial charge on any atom is -0.497 e. The summed E-state index contributed by atoms with van der Waals surface area (Å²) < 4.78 is 11.2. The van der Waals surface area contributed by atoms with E-state index in [0.717, 1.165) is 22.7 Å². The summed E-state index contributed by atoms with van der Waals surface area (Å²) in [5, 5.41) is 3.08. The lowest BCUT2D eigenvalue weighted by molar-refractivity contribution is 0.155. The molecule has 0 heterocycles. The molecule has 0 bridgehead atoms. The van der Waals surface area contributed by atoms with Crippen LogP contribution in [0.5, 0.6) is 11.5 Å². The third-order valence-corrected chi connectivity index (χ3v) is 4.57. The van der Waals surface area contributed by atoms with Crippen molar-refractivity contribution in [3.05, 3.63) is 54.1 Å². The van der Waals surface area contributed by atoms with Crippen molar-refractivity contribution in [1.82, 2.24) is 0 Å². The highest BCUT2D eigenvalue weighted by Crippen LogP contribution is 2.23.